The first kappa shape index (κ1) is 15.7. The molecule has 1 aliphatic carbocycles. The van der Waals surface area contributed by atoms with Crippen molar-refractivity contribution in [1.29, 1.82) is 0 Å². The molecular weight excluding hydrogens is 296 g/mol. The number of carbonyl (C=O) groups is 1. The first-order valence-corrected chi connectivity index (χ1v) is 8.00. The Morgan fingerprint density at radius 1 is 1.39 bits per heavy atom. The second kappa shape index (κ2) is 6.49. The van der Waals surface area contributed by atoms with Gasteiger partial charge in [0.1, 0.15) is 11.8 Å². The zero-order valence-electron chi connectivity index (χ0n) is 13.4. The Morgan fingerprint density at radius 2 is 2.17 bits per heavy atom. The third-order valence-electron chi connectivity index (χ3n) is 4.46. The Balaban J connectivity index is 1.64. The molecule has 0 atom stereocenters. The van der Waals surface area contributed by atoms with Gasteiger partial charge in [0.15, 0.2) is 11.5 Å². The minimum atomic E-state index is -0.772. The number of likely N-dealkylation sites (N-methyl/N-ethyl adjacent to an activating group) is 1. The molecule has 0 aliphatic heterocycles. The van der Waals surface area contributed by atoms with Crippen LogP contribution in [-0.4, -0.2) is 60.7 Å². The Labute approximate surface area is 134 Å². The van der Waals surface area contributed by atoms with Crippen molar-refractivity contribution in [3.8, 4) is 0 Å². The number of nitrogens with zero attached hydrogens (tertiary/aromatic N) is 5. The Kier molecular flexibility index (Phi) is 4.42. The standard InChI is InChI=1S/C15H22N6O2/c1-3-20(7-12(22)23)11-5-10(6-11)19-14-13-15(17-8-16-14)21(4-2)9-18-13/h8-11H,3-7H2,1-2H3,(H,22,23)(H,16,17,19). The maximum absolute atomic E-state index is 10.9. The first-order chi connectivity index (χ1) is 11.1. The number of anilines is 1. The first-order valence-electron chi connectivity index (χ1n) is 8.00. The molecule has 2 aromatic heterocycles. The number of carboxylic acid groups (broad SMARTS) is 1. The van der Waals surface area contributed by atoms with Crippen LogP contribution in [0.2, 0.25) is 0 Å². The molecule has 0 amide bonds. The summed E-state index contributed by atoms with van der Waals surface area (Å²) in [5.41, 5.74) is 1.62. The molecule has 0 unspecified atom stereocenters. The van der Waals surface area contributed by atoms with Gasteiger partial charge in [-0.25, -0.2) is 15.0 Å². The van der Waals surface area contributed by atoms with Gasteiger partial charge in [0.05, 0.1) is 12.9 Å². The van der Waals surface area contributed by atoms with Gasteiger partial charge in [-0.1, -0.05) is 6.92 Å². The molecule has 23 heavy (non-hydrogen) atoms. The van der Waals surface area contributed by atoms with Crippen molar-refractivity contribution in [3.63, 3.8) is 0 Å². The summed E-state index contributed by atoms with van der Waals surface area (Å²) >= 11 is 0. The van der Waals surface area contributed by atoms with Crippen LogP contribution in [0, 0.1) is 0 Å². The summed E-state index contributed by atoms with van der Waals surface area (Å²) < 4.78 is 1.98. The smallest absolute Gasteiger partial charge is 0.317 e. The van der Waals surface area contributed by atoms with E-state index < -0.39 is 5.97 Å². The van der Waals surface area contributed by atoms with Gasteiger partial charge >= 0.3 is 5.97 Å². The van der Waals surface area contributed by atoms with E-state index in [0.29, 0.717) is 12.1 Å². The number of aliphatic carboxylic acids is 1. The fourth-order valence-electron chi connectivity index (χ4n) is 3.09. The average Bonchev–Trinajstić information content (AvgIpc) is 2.92. The van der Waals surface area contributed by atoms with E-state index in [-0.39, 0.29) is 6.54 Å². The lowest BCUT2D eigenvalue weighted by Crippen LogP contribution is -2.51. The third kappa shape index (κ3) is 3.12. The minimum absolute atomic E-state index is 0.104. The van der Waals surface area contributed by atoms with Crippen molar-refractivity contribution in [3.05, 3.63) is 12.7 Å². The predicted octanol–water partition coefficient (Wildman–Crippen LogP) is 1.20. The summed E-state index contributed by atoms with van der Waals surface area (Å²) in [5, 5.41) is 12.4. The van der Waals surface area contributed by atoms with Gasteiger partial charge in [-0.05, 0) is 26.3 Å². The molecular formula is C15H22N6O2. The Hall–Kier alpha value is -2.22. The van der Waals surface area contributed by atoms with Crippen LogP contribution in [-0.2, 0) is 11.3 Å². The average molecular weight is 318 g/mol. The molecule has 0 bridgehead atoms. The van der Waals surface area contributed by atoms with Crippen LogP contribution in [0.4, 0.5) is 5.82 Å². The van der Waals surface area contributed by atoms with E-state index in [1.165, 1.54) is 0 Å². The molecule has 1 fully saturated rings. The molecule has 8 nitrogen and oxygen atoms in total. The highest BCUT2D eigenvalue weighted by Gasteiger charge is 2.34. The number of hydrogen-bond donors (Lipinski definition) is 2. The van der Waals surface area contributed by atoms with Crippen molar-refractivity contribution >= 4 is 23.0 Å². The van der Waals surface area contributed by atoms with Crippen molar-refractivity contribution in [2.45, 2.75) is 45.3 Å². The fraction of sp³-hybridized carbons (Fsp3) is 0.600. The van der Waals surface area contributed by atoms with Crippen LogP contribution >= 0.6 is 0 Å². The second-order valence-electron chi connectivity index (χ2n) is 5.85. The van der Waals surface area contributed by atoms with Gasteiger partial charge < -0.3 is 15.0 Å². The number of fused-ring (bicyclic) bond motifs is 1. The summed E-state index contributed by atoms with van der Waals surface area (Å²) in [5.74, 6) is -0.0159. The van der Waals surface area contributed by atoms with Crippen LogP contribution < -0.4 is 5.32 Å². The summed E-state index contributed by atoms with van der Waals surface area (Å²) in [6.45, 7) is 5.72. The summed E-state index contributed by atoms with van der Waals surface area (Å²) in [6, 6.07) is 0.617. The van der Waals surface area contributed by atoms with Crippen molar-refractivity contribution < 1.29 is 9.90 Å². The SMILES string of the molecule is CCN(CC(=O)O)C1CC(Nc2ncnc3c2ncn3CC)C1. The summed E-state index contributed by atoms with van der Waals surface area (Å²) in [6.07, 6.45) is 5.17. The van der Waals surface area contributed by atoms with E-state index >= 15 is 0 Å². The maximum Gasteiger partial charge on any atom is 0.317 e. The molecule has 0 radical (unpaired) electrons. The van der Waals surface area contributed by atoms with E-state index in [1.54, 1.807) is 12.7 Å². The van der Waals surface area contributed by atoms with Gasteiger partial charge in [0, 0.05) is 18.6 Å². The highest BCUT2D eigenvalue weighted by molar-refractivity contribution is 5.82. The normalized spacial score (nSPS) is 20.7. The molecule has 124 valence electrons. The fourth-order valence-corrected chi connectivity index (χ4v) is 3.09. The summed E-state index contributed by atoms with van der Waals surface area (Å²) in [4.78, 5) is 25.9. The molecule has 8 heteroatoms. The molecule has 1 aliphatic rings. The summed E-state index contributed by atoms with van der Waals surface area (Å²) in [7, 11) is 0. The van der Waals surface area contributed by atoms with Crippen LogP contribution in [0.15, 0.2) is 12.7 Å². The molecule has 2 N–H and O–H groups in total. The van der Waals surface area contributed by atoms with Gasteiger partial charge in [-0.2, -0.15) is 0 Å². The predicted molar refractivity (Wildman–Crippen MR) is 86.3 cm³/mol. The monoisotopic (exact) mass is 318 g/mol. The number of imidazole rings is 1. The molecule has 3 rings (SSSR count). The van der Waals surface area contributed by atoms with Crippen LogP contribution in [0.25, 0.3) is 11.2 Å². The molecule has 0 saturated heterocycles. The van der Waals surface area contributed by atoms with E-state index in [1.807, 2.05) is 16.4 Å². The largest absolute Gasteiger partial charge is 0.480 e. The minimum Gasteiger partial charge on any atom is -0.480 e. The highest BCUT2D eigenvalue weighted by Crippen LogP contribution is 2.29. The molecule has 0 aromatic carbocycles. The molecule has 2 aromatic rings. The zero-order valence-corrected chi connectivity index (χ0v) is 13.4. The number of hydrogen-bond acceptors (Lipinski definition) is 6. The van der Waals surface area contributed by atoms with E-state index in [2.05, 4.69) is 27.2 Å². The van der Waals surface area contributed by atoms with E-state index in [4.69, 9.17) is 5.11 Å². The van der Waals surface area contributed by atoms with Crippen molar-refractivity contribution in [2.75, 3.05) is 18.4 Å². The van der Waals surface area contributed by atoms with Crippen molar-refractivity contribution in [1.82, 2.24) is 24.4 Å². The molecule has 2 heterocycles. The van der Waals surface area contributed by atoms with Crippen LogP contribution in [0.3, 0.4) is 0 Å². The topological polar surface area (TPSA) is 96.2 Å². The van der Waals surface area contributed by atoms with Crippen molar-refractivity contribution in [2.24, 2.45) is 0 Å². The number of nitrogens with one attached hydrogen (secondary N) is 1. The lowest BCUT2D eigenvalue weighted by atomic mass is 9.85. The lowest BCUT2D eigenvalue weighted by molar-refractivity contribution is -0.139. The quantitative estimate of drug-likeness (QED) is 0.791. The third-order valence-corrected chi connectivity index (χ3v) is 4.46. The maximum atomic E-state index is 10.9. The number of carboxylic acids is 1. The van der Waals surface area contributed by atoms with Crippen LogP contribution in [0.1, 0.15) is 26.7 Å². The van der Waals surface area contributed by atoms with Gasteiger partial charge in [-0.15, -0.1) is 0 Å². The van der Waals surface area contributed by atoms with E-state index in [9.17, 15) is 4.79 Å². The van der Waals surface area contributed by atoms with E-state index in [0.717, 1.165) is 42.9 Å². The Morgan fingerprint density at radius 3 is 2.83 bits per heavy atom. The van der Waals surface area contributed by atoms with Gasteiger partial charge in [0.2, 0.25) is 0 Å². The van der Waals surface area contributed by atoms with Gasteiger partial charge in [-0.3, -0.25) is 9.69 Å². The number of rotatable bonds is 7. The Bertz CT molecular complexity index is 694. The number of aromatic nitrogens is 4. The lowest BCUT2D eigenvalue weighted by Gasteiger charge is -2.42. The van der Waals surface area contributed by atoms with Crippen LogP contribution in [0.5, 0.6) is 0 Å². The molecule has 0 spiro atoms. The molecule has 1 saturated carbocycles. The number of aryl methyl sites for hydroxylation is 1. The second-order valence-corrected chi connectivity index (χ2v) is 5.85. The highest BCUT2D eigenvalue weighted by atomic mass is 16.4. The zero-order chi connectivity index (χ0) is 16.4. The van der Waals surface area contributed by atoms with Gasteiger partial charge in [0.25, 0.3) is 0 Å².